The standard InChI is InChI=1S/C18H20O4/c1-13(18(20)22-21-2)15-10-6-7-11-16(12-15)17(19)14-8-4-3-5-9-14/h4,6-9,11-13H,3,5,10H2,1-2H3. The Balaban J connectivity index is 2.22. The average Bonchev–Trinajstić information content (AvgIpc) is 2.80. The lowest BCUT2D eigenvalue weighted by molar-refractivity contribution is -0.257. The van der Waals surface area contributed by atoms with E-state index in [9.17, 15) is 9.59 Å². The molecule has 1 atom stereocenters. The highest BCUT2D eigenvalue weighted by Gasteiger charge is 2.22. The van der Waals surface area contributed by atoms with Crippen molar-refractivity contribution in [1.29, 1.82) is 0 Å². The van der Waals surface area contributed by atoms with Crippen LogP contribution in [0, 0.1) is 5.92 Å². The van der Waals surface area contributed by atoms with Gasteiger partial charge in [0, 0.05) is 11.1 Å². The van der Waals surface area contributed by atoms with Crippen LogP contribution >= 0.6 is 0 Å². The molecule has 2 rings (SSSR count). The molecule has 0 saturated heterocycles. The van der Waals surface area contributed by atoms with Gasteiger partial charge in [-0.1, -0.05) is 48.1 Å². The highest BCUT2D eigenvalue weighted by atomic mass is 17.2. The fraction of sp³-hybridized carbons (Fsp3) is 0.333. The number of carbonyl (C=O) groups excluding carboxylic acids is 2. The topological polar surface area (TPSA) is 52.6 Å². The van der Waals surface area contributed by atoms with Gasteiger partial charge in [-0.25, -0.2) is 4.79 Å². The molecule has 0 amide bonds. The summed E-state index contributed by atoms with van der Waals surface area (Å²) in [4.78, 5) is 33.4. The zero-order valence-electron chi connectivity index (χ0n) is 12.9. The molecule has 0 radical (unpaired) electrons. The fourth-order valence-corrected chi connectivity index (χ4v) is 2.38. The van der Waals surface area contributed by atoms with Gasteiger partial charge in [0.25, 0.3) is 0 Å². The third-order valence-corrected chi connectivity index (χ3v) is 3.70. The molecule has 0 bridgehead atoms. The lowest BCUT2D eigenvalue weighted by Gasteiger charge is -2.13. The molecular formula is C18H20O4. The number of carbonyl (C=O) groups is 2. The summed E-state index contributed by atoms with van der Waals surface area (Å²) in [5, 5.41) is 0. The van der Waals surface area contributed by atoms with E-state index < -0.39 is 11.9 Å². The van der Waals surface area contributed by atoms with Gasteiger partial charge < -0.3 is 0 Å². The van der Waals surface area contributed by atoms with Crippen LogP contribution in [0.4, 0.5) is 0 Å². The smallest absolute Gasteiger partial charge is 0.298 e. The lowest BCUT2D eigenvalue weighted by Crippen LogP contribution is -2.17. The molecule has 4 heteroatoms. The number of allylic oxidation sites excluding steroid dienone is 9. The van der Waals surface area contributed by atoms with Crippen molar-refractivity contribution in [1.82, 2.24) is 0 Å². The van der Waals surface area contributed by atoms with E-state index >= 15 is 0 Å². The van der Waals surface area contributed by atoms with Gasteiger partial charge in [0.05, 0.1) is 13.0 Å². The van der Waals surface area contributed by atoms with Crippen LogP contribution in [-0.2, 0) is 19.4 Å². The first-order valence-electron chi connectivity index (χ1n) is 7.36. The van der Waals surface area contributed by atoms with E-state index in [2.05, 4.69) is 9.78 Å². The Kier molecular flexibility index (Phi) is 5.67. The van der Waals surface area contributed by atoms with Crippen molar-refractivity contribution in [2.45, 2.75) is 26.2 Å². The quantitative estimate of drug-likeness (QED) is 0.577. The van der Waals surface area contributed by atoms with Crippen LogP contribution in [0.5, 0.6) is 0 Å². The Morgan fingerprint density at radius 3 is 2.68 bits per heavy atom. The van der Waals surface area contributed by atoms with E-state index in [1.165, 1.54) is 7.11 Å². The van der Waals surface area contributed by atoms with Crippen molar-refractivity contribution in [2.24, 2.45) is 5.92 Å². The normalized spacial score (nSPS) is 18.7. The summed E-state index contributed by atoms with van der Waals surface area (Å²) in [6.07, 6.45) is 15.6. The molecule has 2 aliphatic rings. The Hall–Kier alpha value is -2.20. The Morgan fingerprint density at radius 2 is 2.00 bits per heavy atom. The second-order valence-electron chi connectivity index (χ2n) is 5.23. The van der Waals surface area contributed by atoms with Crippen molar-refractivity contribution < 1.29 is 19.4 Å². The van der Waals surface area contributed by atoms with E-state index in [0.29, 0.717) is 17.6 Å². The van der Waals surface area contributed by atoms with Gasteiger partial charge in [0.15, 0.2) is 5.78 Å². The van der Waals surface area contributed by atoms with Crippen molar-refractivity contribution in [2.75, 3.05) is 7.11 Å². The Labute approximate surface area is 130 Å². The third-order valence-electron chi connectivity index (χ3n) is 3.70. The predicted molar refractivity (Wildman–Crippen MR) is 83.7 cm³/mol. The van der Waals surface area contributed by atoms with Gasteiger partial charge in [-0.05, 0) is 26.2 Å². The summed E-state index contributed by atoms with van der Waals surface area (Å²) in [5.74, 6) is -0.949. The molecule has 0 saturated carbocycles. The van der Waals surface area contributed by atoms with Crippen LogP contribution in [-0.4, -0.2) is 18.9 Å². The molecular weight excluding hydrogens is 280 g/mol. The van der Waals surface area contributed by atoms with E-state index in [1.807, 2.05) is 30.4 Å². The van der Waals surface area contributed by atoms with Gasteiger partial charge in [-0.15, -0.1) is 0 Å². The molecule has 0 heterocycles. The first-order valence-corrected chi connectivity index (χ1v) is 7.36. The van der Waals surface area contributed by atoms with Crippen molar-refractivity contribution in [3.8, 4) is 0 Å². The minimum Gasteiger partial charge on any atom is -0.298 e. The molecule has 0 aromatic carbocycles. The van der Waals surface area contributed by atoms with Gasteiger partial charge >= 0.3 is 5.97 Å². The minimum atomic E-state index is -0.465. The second-order valence-corrected chi connectivity index (χ2v) is 5.23. The summed E-state index contributed by atoms with van der Waals surface area (Å²) in [6, 6.07) is 0. The molecule has 2 aliphatic carbocycles. The number of ketones is 1. The molecule has 0 aromatic rings. The summed E-state index contributed by atoms with van der Waals surface area (Å²) in [5.41, 5.74) is 2.12. The zero-order valence-corrected chi connectivity index (χ0v) is 12.9. The number of rotatable bonds is 5. The molecule has 0 aliphatic heterocycles. The molecule has 0 fully saturated rings. The summed E-state index contributed by atoms with van der Waals surface area (Å²) in [7, 11) is 1.29. The second kappa shape index (κ2) is 7.71. The minimum absolute atomic E-state index is 0.0210. The monoisotopic (exact) mass is 300 g/mol. The van der Waals surface area contributed by atoms with Crippen LogP contribution in [0.2, 0.25) is 0 Å². The molecule has 4 nitrogen and oxygen atoms in total. The van der Waals surface area contributed by atoms with Crippen LogP contribution in [0.1, 0.15) is 26.2 Å². The van der Waals surface area contributed by atoms with Crippen molar-refractivity contribution in [3.05, 3.63) is 59.3 Å². The fourth-order valence-electron chi connectivity index (χ4n) is 2.38. The predicted octanol–water partition coefficient (Wildman–Crippen LogP) is 3.39. The molecule has 22 heavy (non-hydrogen) atoms. The van der Waals surface area contributed by atoms with Gasteiger partial charge in [-0.3, -0.25) is 9.68 Å². The zero-order chi connectivity index (χ0) is 15.9. The maximum Gasteiger partial charge on any atom is 0.349 e. The van der Waals surface area contributed by atoms with E-state index in [0.717, 1.165) is 18.4 Å². The molecule has 0 spiro atoms. The number of hydrogen-bond acceptors (Lipinski definition) is 4. The van der Waals surface area contributed by atoms with Gasteiger partial charge in [0.2, 0.25) is 0 Å². The van der Waals surface area contributed by atoms with Crippen LogP contribution < -0.4 is 0 Å². The van der Waals surface area contributed by atoms with Crippen molar-refractivity contribution in [3.63, 3.8) is 0 Å². The highest BCUT2D eigenvalue weighted by Crippen LogP contribution is 2.24. The largest absolute Gasteiger partial charge is 0.349 e. The average molecular weight is 300 g/mol. The van der Waals surface area contributed by atoms with E-state index in [4.69, 9.17) is 0 Å². The van der Waals surface area contributed by atoms with E-state index in [1.54, 1.807) is 19.1 Å². The van der Waals surface area contributed by atoms with Crippen LogP contribution in [0.3, 0.4) is 0 Å². The first-order chi connectivity index (χ1) is 10.6. The summed E-state index contributed by atoms with van der Waals surface area (Å²) >= 11 is 0. The Morgan fingerprint density at radius 1 is 1.18 bits per heavy atom. The van der Waals surface area contributed by atoms with E-state index in [-0.39, 0.29) is 5.78 Å². The van der Waals surface area contributed by atoms with Crippen LogP contribution in [0.25, 0.3) is 0 Å². The highest BCUT2D eigenvalue weighted by molar-refractivity contribution is 6.12. The maximum atomic E-state index is 12.6. The third kappa shape index (κ3) is 3.92. The molecule has 116 valence electrons. The molecule has 0 N–H and O–H groups in total. The Bertz CT molecular complexity index is 603. The number of hydrogen-bond donors (Lipinski definition) is 0. The van der Waals surface area contributed by atoms with Crippen molar-refractivity contribution >= 4 is 11.8 Å². The first kappa shape index (κ1) is 16.2. The molecule has 0 aromatic heterocycles. The molecule has 1 unspecified atom stereocenters. The van der Waals surface area contributed by atoms with Crippen LogP contribution in [0.15, 0.2) is 59.3 Å². The lowest BCUT2D eigenvalue weighted by atomic mass is 9.93. The number of Topliss-reactive ketones (excluding diaryl/α,β-unsaturated/α-hetero) is 1. The maximum absolute atomic E-state index is 12.6. The van der Waals surface area contributed by atoms with Gasteiger partial charge in [0.1, 0.15) is 0 Å². The van der Waals surface area contributed by atoms with Gasteiger partial charge in [-0.2, -0.15) is 4.89 Å². The summed E-state index contributed by atoms with van der Waals surface area (Å²) < 4.78 is 0. The SMILES string of the molecule is COOC(=O)C(C)C1=CC(C(=O)C2=CCCC=C2)=CC=CC1. The summed E-state index contributed by atoms with van der Waals surface area (Å²) in [6.45, 7) is 1.74.